The molecule has 0 heterocycles. The second-order valence-corrected chi connectivity index (χ2v) is 8.60. The van der Waals surface area contributed by atoms with E-state index in [0.29, 0.717) is 0 Å². The second kappa shape index (κ2) is 6.35. The van der Waals surface area contributed by atoms with Crippen molar-refractivity contribution >= 4 is 8.56 Å². The van der Waals surface area contributed by atoms with Gasteiger partial charge in [-0.05, 0) is 32.6 Å². The van der Waals surface area contributed by atoms with E-state index in [0.717, 1.165) is 24.7 Å². The highest BCUT2D eigenvalue weighted by molar-refractivity contribution is 6.73. The first-order valence-electron chi connectivity index (χ1n) is 7.44. The molecule has 2 saturated carbocycles. The average Bonchev–Trinajstić information content (AvgIpc) is 2.68. The Kier molecular flexibility index (Phi) is 5.06. The topological polar surface area (TPSA) is 18.5 Å². The van der Waals surface area contributed by atoms with Gasteiger partial charge >= 0.3 is 8.56 Å². The Morgan fingerprint density at radius 3 is 1.94 bits per heavy atom. The lowest BCUT2D eigenvalue weighted by Crippen LogP contribution is -2.51. The molecule has 2 aliphatic carbocycles. The van der Waals surface area contributed by atoms with Crippen LogP contribution >= 0.6 is 0 Å². The molecule has 2 aliphatic rings. The van der Waals surface area contributed by atoms with Crippen molar-refractivity contribution in [2.24, 2.45) is 5.92 Å². The maximum atomic E-state index is 6.20. The Hall–Kier alpha value is 0.137. The molecule has 99 valence electrons. The lowest BCUT2D eigenvalue weighted by atomic mass is 10.00. The van der Waals surface area contributed by atoms with Crippen LogP contribution in [0.25, 0.3) is 0 Å². The maximum absolute atomic E-state index is 6.20. The van der Waals surface area contributed by atoms with Crippen molar-refractivity contribution in [3.8, 4) is 0 Å². The van der Waals surface area contributed by atoms with E-state index in [1.54, 1.807) is 0 Å². The van der Waals surface area contributed by atoms with E-state index in [-0.39, 0.29) is 0 Å². The third-order valence-electron chi connectivity index (χ3n) is 4.28. The summed E-state index contributed by atoms with van der Waals surface area (Å²) < 4.78 is 12.4. The highest BCUT2D eigenvalue weighted by Crippen LogP contribution is 2.46. The molecule has 0 aromatic carbocycles. The van der Waals surface area contributed by atoms with Gasteiger partial charge in [-0.15, -0.1) is 0 Å². The van der Waals surface area contributed by atoms with Crippen molar-refractivity contribution in [3.63, 3.8) is 0 Å². The summed E-state index contributed by atoms with van der Waals surface area (Å²) in [6.07, 6.45) is 9.55. The summed E-state index contributed by atoms with van der Waals surface area (Å²) in [4.78, 5) is 0. The first-order chi connectivity index (χ1) is 8.30. The number of hydrogen-bond acceptors (Lipinski definition) is 2. The van der Waals surface area contributed by atoms with Crippen LogP contribution in [0.2, 0.25) is 5.54 Å². The van der Waals surface area contributed by atoms with Crippen LogP contribution < -0.4 is 0 Å². The van der Waals surface area contributed by atoms with Gasteiger partial charge in [0, 0.05) is 24.8 Å². The summed E-state index contributed by atoms with van der Waals surface area (Å²) in [6, 6.07) is 2.55. The second-order valence-electron chi connectivity index (χ2n) is 5.43. The molecular formula is C14H27O2Si. The van der Waals surface area contributed by atoms with Crippen molar-refractivity contribution in [2.45, 2.75) is 64.3 Å². The summed E-state index contributed by atoms with van der Waals surface area (Å²) in [5.74, 6) is 0.778. The molecule has 2 nitrogen and oxygen atoms in total. The van der Waals surface area contributed by atoms with E-state index in [1.165, 1.54) is 44.9 Å². The quantitative estimate of drug-likeness (QED) is 0.640. The molecule has 0 N–H and O–H groups in total. The largest absolute Gasteiger partial charge is 0.394 e. The lowest BCUT2D eigenvalue weighted by molar-refractivity contribution is 0.162. The van der Waals surface area contributed by atoms with Crippen LogP contribution in [0.5, 0.6) is 0 Å². The normalized spacial score (nSPS) is 22.9. The van der Waals surface area contributed by atoms with Crippen LogP contribution in [-0.4, -0.2) is 21.8 Å². The van der Waals surface area contributed by atoms with Crippen molar-refractivity contribution < 1.29 is 8.85 Å². The standard InChI is InChI=1S/C14H27O2Si/c1-3-15-17(16-4-2,14-10-7-11-14)12-13-8-5-6-9-13/h12-14H,3-11H2,1-2H3. The van der Waals surface area contributed by atoms with Crippen LogP contribution in [0, 0.1) is 12.0 Å². The van der Waals surface area contributed by atoms with E-state index < -0.39 is 8.56 Å². The summed E-state index contributed by atoms with van der Waals surface area (Å²) in [5, 5.41) is 0. The molecule has 0 aromatic heterocycles. The number of hydrogen-bond donors (Lipinski definition) is 0. The van der Waals surface area contributed by atoms with Crippen LogP contribution in [0.1, 0.15) is 58.8 Å². The summed E-state index contributed by atoms with van der Waals surface area (Å²) in [6.45, 7) is 5.85. The molecule has 0 bridgehead atoms. The lowest BCUT2D eigenvalue weighted by Gasteiger charge is -2.42. The summed E-state index contributed by atoms with van der Waals surface area (Å²) >= 11 is 0. The Labute approximate surface area is 107 Å². The molecule has 0 aromatic rings. The van der Waals surface area contributed by atoms with Crippen molar-refractivity contribution in [3.05, 3.63) is 6.04 Å². The van der Waals surface area contributed by atoms with Crippen molar-refractivity contribution in [2.75, 3.05) is 13.2 Å². The van der Waals surface area contributed by atoms with Crippen LogP contribution in [-0.2, 0) is 8.85 Å². The third-order valence-corrected chi connectivity index (χ3v) is 8.41. The van der Waals surface area contributed by atoms with Gasteiger partial charge in [-0.3, -0.25) is 0 Å². The van der Waals surface area contributed by atoms with Gasteiger partial charge in [-0.2, -0.15) is 0 Å². The Morgan fingerprint density at radius 2 is 1.53 bits per heavy atom. The monoisotopic (exact) mass is 255 g/mol. The van der Waals surface area contributed by atoms with Gasteiger partial charge in [0.25, 0.3) is 0 Å². The fourth-order valence-electron chi connectivity index (χ4n) is 3.22. The Balaban J connectivity index is 2.01. The Morgan fingerprint density at radius 1 is 0.941 bits per heavy atom. The number of rotatable bonds is 7. The molecule has 1 radical (unpaired) electrons. The highest BCUT2D eigenvalue weighted by Gasteiger charge is 2.49. The molecule has 0 spiro atoms. The third kappa shape index (κ3) is 3.12. The fraction of sp³-hybridized carbons (Fsp3) is 0.929. The predicted molar refractivity (Wildman–Crippen MR) is 72.9 cm³/mol. The Bertz CT molecular complexity index is 216. The van der Waals surface area contributed by atoms with Gasteiger partial charge in [-0.25, -0.2) is 0 Å². The van der Waals surface area contributed by atoms with Crippen molar-refractivity contribution in [1.29, 1.82) is 0 Å². The van der Waals surface area contributed by atoms with Gasteiger partial charge in [0.2, 0.25) is 0 Å². The maximum Gasteiger partial charge on any atom is 0.345 e. The molecule has 3 heteroatoms. The van der Waals surface area contributed by atoms with Crippen molar-refractivity contribution in [1.82, 2.24) is 0 Å². The zero-order chi connectivity index (χ0) is 12.1. The molecule has 0 atom stereocenters. The SMILES string of the molecule is CCO[Si]([CH]C1CCCC1)(OCC)C1CCC1. The molecule has 2 rings (SSSR count). The van der Waals surface area contributed by atoms with Crippen LogP contribution in [0.4, 0.5) is 0 Å². The van der Waals surface area contributed by atoms with Gasteiger partial charge in [0.1, 0.15) is 0 Å². The molecule has 0 aliphatic heterocycles. The summed E-state index contributed by atoms with van der Waals surface area (Å²) in [7, 11) is -2.00. The van der Waals surface area contributed by atoms with Gasteiger partial charge in [0.05, 0.1) is 0 Å². The fourth-order valence-corrected chi connectivity index (χ4v) is 7.35. The first-order valence-corrected chi connectivity index (χ1v) is 9.41. The average molecular weight is 255 g/mol. The molecule has 0 amide bonds. The predicted octanol–water partition coefficient (Wildman–Crippen LogP) is 3.99. The minimum Gasteiger partial charge on any atom is -0.394 e. The minimum atomic E-state index is -2.00. The van der Waals surface area contributed by atoms with E-state index in [4.69, 9.17) is 8.85 Å². The first kappa shape index (κ1) is 13.6. The smallest absolute Gasteiger partial charge is 0.345 e. The van der Waals surface area contributed by atoms with Crippen LogP contribution in [0.15, 0.2) is 0 Å². The van der Waals surface area contributed by atoms with Crippen LogP contribution in [0.3, 0.4) is 0 Å². The molecule has 2 fully saturated rings. The van der Waals surface area contributed by atoms with Gasteiger partial charge in [-0.1, -0.05) is 32.1 Å². The molecule has 0 unspecified atom stereocenters. The van der Waals surface area contributed by atoms with E-state index in [2.05, 4.69) is 19.9 Å². The van der Waals surface area contributed by atoms with E-state index in [1.807, 2.05) is 0 Å². The minimum absolute atomic E-state index is 0.739. The molecule has 0 saturated heterocycles. The molecular weight excluding hydrogens is 228 g/mol. The zero-order valence-electron chi connectivity index (χ0n) is 11.4. The highest BCUT2D eigenvalue weighted by atomic mass is 28.4. The van der Waals surface area contributed by atoms with E-state index >= 15 is 0 Å². The molecule has 17 heavy (non-hydrogen) atoms. The summed E-state index contributed by atoms with van der Waals surface area (Å²) in [5.41, 5.74) is 0.739. The zero-order valence-corrected chi connectivity index (χ0v) is 12.4. The van der Waals surface area contributed by atoms with E-state index in [9.17, 15) is 0 Å². The van der Waals surface area contributed by atoms with Gasteiger partial charge < -0.3 is 8.85 Å². The van der Waals surface area contributed by atoms with Gasteiger partial charge in [0.15, 0.2) is 0 Å².